The summed E-state index contributed by atoms with van der Waals surface area (Å²) in [6.07, 6.45) is 5.48. The molecule has 0 bridgehead atoms. The number of nitrogens with zero attached hydrogens (tertiary/aromatic N) is 2. The van der Waals surface area contributed by atoms with E-state index in [9.17, 15) is 9.90 Å². The zero-order chi connectivity index (χ0) is 16.2. The Bertz CT molecular complexity index is 491. The van der Waals surface area contributed by atoms with Crippen molar-refractivity contribution in [3.63, 3.8) is 0 Å². The van der Waals surface area contributed by atoms with Crippen molar-refractivity contribution >= 4 is 5.91 Å². The topological polar surface area (TPSA) is 88.2 Å². The van der Waals surface area contributed by atoms with Gasteiger partial charge in [0.05, 0.1) is 12.5 Å². The van der Waals surface area contributed by atoms with Crippen LogP contribution < -0.4 is 5.32 Å². The van der Waals surface area contributed by atoms with Crippen molar-refractivity contribution in [1.29, 1.82) is 0 Å². The number of nitrogens with one attached hydrogen (secondary N) is 1. The van der Waals surface area contributed by atoms with Gasteiger partial charge in [-0.05, 0) is 18.8 Å². The van der Waals surface area contributed by atoms with Crippen molar-refractivity contribution in [2.75, 3.05) is 0 Å². The Morgan fingerprint density at radius 1 is 1.32 bits per heavy atom. The zero-order valence-corrected chi connectivity index (χ0v) is 13.8. The molecule has 1 aliphatic rings. The lowest BCUT2D eigenvalue weighted by Gasteiger charge is -2.31. The van der Waals surface area contributed by atoms with Crippen LogP contribution >= 0.6 is 0 Å². The summed E-state index contributed by atoms with van der Waals surface area (Å²) in [5.41, 5.74) is -0.554. The number of amides is 1. The molecule has 1 fully saturated rings. The van der Waals surface area contributed by atoms with E-state index in [0.717, 1.165) is 38.5 Å². The van der Waals surface area contributed by atoms with Crippen LogP contribution in [-0.4, -0.2) is 27.3 Å². The summed E-state index contributed by atoms with van der Waals surface area (Å²) < 4.78 is 5.12. The van der Waals surface area contributed by atoms with Crippen LogP contribution in [0.25, 0.3) is 0 Å². The van der Waals surface area contributed by atoms with E-state index in [-0.39, 0.29) is 18.2 Å². The largest absolute Gasteiger partial charge is 0.392 e. The van der Waals surface area contributed by atoms with Crippen molar-refractivity contribution in [1.82, 2.24) is 15.5 Å². The molecule has 1 amide bonds. The molecule has 1 saturated carbocycles. The number of carbonyl (C=O) groups is 1. The fourth-order valence-electron chi connectivity index (χ4n) is 2.97. The maximum Gasteiger partial charge on any atom is 0.223 e. The van der Waals surface area contributed by atoms with Crippen molar-refractivity contribution in [2.24, 2.45) is 5.92 Å². The number of hydrogen-bond acceptors (Lipinski definition) is 5. The first-order chi connectivity index (χ1) is 10.4. The average molecular weight is 309 g/mol. The zero-order valence-electron chi connectivity index (χ0n) is 13.8. The Hall–Kier alpha value is -1.43. The minimum atomic E-state index is -0.630. The van der Waals surface area contributed by atoms with E-state index >= 15 is 0 Å². The SMILES string of the molecule is Cc1nc(C2(NC(=O)CC(O)C(C)C)CCCCCC2)no1. The number of aliphatic hydroxyl groups is 1. The second-order valence-electron chi connectivity index (χ2n) is 6.70. The third-order valence-corrected chi connectivity index (χ3v) is 4.46. The van der Waals surface area contributed by atoms with Crippen LogP contribution in [0.2, 0.25) is 0 Å². The first kappa shape index (κ1) is 16.9. The minimum absolute atomic E-state index is 0.0586. The van der Waals surface area contributed by atoms with Crippen LogP contribution in [0.1, 0.15) is 70.5 Å². The number of aliphatic hydroxyl groups excluding tert-OH is 1. The Balaban J connectivity index is 2.16. The van der Waals surface area contributed by atoms with Crippen LogP contribution in [0.4, 0.5) is 0 Å². The van der Waals surface area contributed by atoms with E-state index in [1.54, 1.807) is 6.92 Å². The van der Waals surface area contributed by atoms with Gasteiger partial charge in [0.2, 0.25) is 11.8 Å². The Labute approximate surface area is 131 Å². The van der Waals surface area contributed by atoms with Gasteiger partial charge >= 0.3 is 0 Å². The van der Waals surface area contributed by atoms with Crippen molar-refractivity contribution in [3.8, 4) is 0 Å². The summed E-state index contributed by atoms with van der Waals surface area (Å²) in [6, 6.07) is 0. The van der Waals surface area contributed by atoms with Gasteiger partial charge in [-0.15, -0.1) is 0 Å². The van der Waals surface area contributed by atoms with Crippen LogP contribution in [0.3, 0.4) is 0 Å². The van der Waals surface area contributed by atoms with Gasteiger partial charge in [0.1, 0.15) is 5.54 Å². The summed E-state index contributed by atoms with van der Waals surface area (Å²) in [6.45, 7) is 5.56. The number of aromatic nitrogens is 2. The summed E-state index contributed by atoms with van der Waals surface area (Å²) in [4.78, 5) is 16.7. The molecule has 22 heavy (non-hydrogen) atoms. The first-order valence-corrected chi connectivity index (χ1v) is 8.23. The number of carbonyl (C=O) groups excluding carboxylic acids is 1. The van der Waals surface area contributed by atoms with Crippen molar-refractivity contribution in [2.45, 2.75) is 77.4 Å². The second kappa shape index (κ2) is 7.22. The first-order valence-electron chi connectivity index (χ1n) is 8.23. The molecule has 0 saturated heterocycles. The van der Waals surface area contributed by atoms with E-state index in [1.165, 1.54) is 0 Å². The molecule has 1 aromatic heterocycles. The van der Waals surface area contributed by atoms with Crippen molar-refractivity contribution < 1.29 is 14.4 Å². The molecule has 6 nitrogen and oxygen atoms in total. The number of rotatable bonds is 5. The van der Waals surface area contributed by atoms with Gasteiger partial charge < -0.3 is 14.9 Å². The minimum Gasteiger partial charge on any atom is -0.392 e. The van der Waals surface area contributed by atoms with Gasteiger partial charge in [-0.1, -0.05) is 44.7 Å². The molecule has 1 aromatic rings. The third-order valence-electron chi connectivity index (χ3n) is 4.46. The summed E-state index contributed by atoms with van der Waals surface area (Å²) in [5.74, 6) is 0.989. The standard InChI is InChI=1S/C16H27N3O3/c1-11(2)13(20)10-14(21)18-16(8-6-4-5-7-9-16)15-17-12(3)22-19-15/h11,13,20H,4-10H2,1-3H3,(H,18,21). The molecule has 2 rings (SSSR count). The normalized spacial score (nSPS) is 19.7. The van der Waals surface area contributed by atoms with Gasteiger partial charge in [0.25, 0.3) is 0 Å². The predicted octanol–water partition coefficient (Wildman–Crippen LogP) is 2.45. The quantitative estimate of drug-likeness (QED) is 0.816. The van der Waals surface area contributed by atoms with Crippen LogP contribution in [0, 0.1) is 12.8 Å². The average Bonchev–Trinajstić information content (AvgIpc) is 2.75. The maximum atomic E-state index is 12.4. The van der Waals surface area contributed by atoms with E-state index in [0.29, 0.717) is 11.7 Å². The third kappa shape index (κ3) is 4.06. The fourth-order valence-corrected chi connectivity index (χ4v) is 2.97. The van der Waals surface area contributed by atoms with E-state index in [1.807, 2.05) is 13.8 Å². The highest BCUT2D eigenvalue weighted by molar-refractivity contribution is 5.77. The number of hydrogen-bond donors (Lipinski definition) is 2. The lowest BCUT2D eigenvalue weighted by molar-refractivity contribution is -0.126. The second-order valence-corrected chi connectivity index (χ2v) is 6.70. The van der Waals surface area contributed by atoms with E-state index in [4.69, 9.17) is 4.52 Å². The smallest absolute Gasteiger partial charge is 0.223 e. The molecule has 124 valence electrons. The molecule has 0 aliphatic heterocycles. The molecule has 1 aliphatic carbocycles. The van der Waals surface area contributed by atoms with Crippen LogP contribution in [0.5, 0.6) is 0 Å². The van der Waals surface area contributed by atoms with Crippen molar-refractivity contribution in [3.05, 3.63) is 11.7 Å². The molecular formula is C16H27N3O3. The summed E-state index contributed by atoms with van der Waals surface area (Å²) in [7, 11) is 0. The molecule has 1 atom stereocenters. The predicted molar refractivity (Wildman–Crippen MR) is 82.0 cm³/mol. The number of aryl methyl sites for hydroxylation is 1. The Morgan fingerprint density at radius 2 is 1.95 bits per heavy atom. The Morgan fingerprint density at radius 3 is 2.45 bits per heavy atom. The molecule has 0 radical (unpaired) electrons. The highest BCUT2D eigenvalue weighted by Gasteiger charge is 2.39. The summed E-state index contributed by atoms with van der Waals surface area (Å²) >= 11 is 0. The summed E-state index contributed by atoms with van der Waals surface area (Å²) in [5, 5.41) is 17.1. The highest BCUT2D eigenvalue weighted by Crippen LogP contribution is 2.34. The molecule has 0 aromatic carbocycles. The molecule has 6 heteroatoms. The Kier molecular flexibility index (Phi) is 5.56. The van der Waals surface area contributed by atoms with Crippen LogP contribution in [0.15, 0.2) is 4.52 Å². The molecular weight excluding hydrogens is 282 g/mol. The van der Waals surface area contributed by atoms with E-state index in [2.05, 4.69) is 15.5 Å². The van der Waals surface area contributed by atoms with Crippen LogP contribution in [-0.2, 0) is 10.3 Å². The molecule has 0 spiro atoms. The lowest BCUT2D eigenvalue weighted by atomic mass is 9.88. The molecule has 2 N–H and O–H groups in total. The molecule has 1 unspecified atom stereocenters. The maximum absolute atomic E-state index is 12.4. The van der Waals surface area contributed by atoms with Gasteiger partial charge in [0.15, 0.2) is 5.82 Å². The van der Waals surface area contributed by atoms with Gasteiger partial charge in [-0.2, -0.15) is 4.98 Å². The monoisotopic (exact) mass is 309 g/mol. The van der Waals surface area contributed by atoms with Gasteiger partial charge in [0, 0.05) is 6.92 Å². The van der Waals surface area contributed by atoms with Gasteiger partial charge in [-0.3, -0.25) is 4.79 Å². The highest BCUT2D eigenvalue weighted by atomic mass is 16.5. The fraction of sp³-hybridized carbons (Fsp3) is 0.812. The molecule has 1 heterocycles. The van der Waals surface area contributed by atoms with E-state index < -0.39 is 11.6 Å². The van der Waals surface area contributed by atoms with Gasteiger partial charge in [-0.25, -0.2) is 0 Å². The lowest BCUT2D eigenvalue weighted by Crippen LogP contribution is -2.47.